The van der Waals surface area contributed by atoms with Gasteiger partial charge in [-0.05, 0) is 19.8 Å². The van der Waals surface area contributed by atoms with Crippen LogP contribution in [0.3, 0.4) is 0 Å². The number of carbonyl (C=O) groups is 1. The molecule has 1 atom stereocenters. The molecule has 0 radical (unpaired) electrons. The summed E-state index contributed by atoms with van der Waals surface area (Å²) in [4.78, 5) is 17.4. The highest BCUT2D eigenvalue weighted by atomic mass is 16.5. The summed E-state index contributed by atoms with van der Waals surface area (Å²) in [5.41, 5.74) is 2.45. The van der Waals surface area contributed by atoms with Gasteiger partial charge in [0.2, 0.25) is 0 Å². The van der Waals surface area contributed by atoms with Gasteiger partial charge in [-0.2, -0.15) is 0 Å². The van der Waals surface area contributed by atoms with Gasteiger partial charge in [0.05, 0.1) is 11.4 Å². The van der Waals surface area contributed by atoms with E-state index in [1.807, 2.05) is 6.92 Å². The standard InChI is InChI=1S/C18H26N4O2/c1-6-13-16(11(2)24-21-13)17(23)19-12-7-8-15-20-14(18(3,4)5)10-22(15)9-12/h10,12H,6-9H2,1-5H3,(H,19,23)/t12-/m0/s1. The van der Waals surface area contributed by atoms with Gasteiger partial charge in [-0.15, -0.1) is 0 Å². The van der Waals surface area contributed by atoms with Crippen molar-refractivity contribution in [2.45, 2.75) is 71.9 Å². The highest BCUT2D eigenvalue weighted by Crippen LogP contribution is 2.24. The molecular weight excluding hydrogens is 304 g/mol. The molecular formula is C18H26N4O2. The normalized spacial score (nSPS) is 17.6. The Balaban J connectivity index is 1.73. The minimum atomic E-state index is -0.0878. The van der Waals surface area contributed by atoms with E-state index in [1.54, 1.807) is 6.92 Å². The number of carbonyl (C=O) groups excluding carboxylic acids is 1. The molecule has 0 saturated carbocycles. The Morgan fingerprint density at radius 1 is 1.46 bits per heavy atom. The molecule has 2 aromatic rings. The van der Waals surface area contributed by atoms with Gasteiger partial charge < -0.3 is 14.4 Å². The molecule has 24 heavy (non-hydrogen) atoms. The molecule has 2 aromatic heterocycles. The Labute approximate surface area is 142 Å². The first-order valence-corrected chi connectivity index (χ1v) is 8.62. The number of nitrogens with zero attached hydrogens (tertiary/aromatic N) is 3. The molecule has 1 aliphatic heterocycles. The smallest absolute Gasteiger partial charge is 0.257 e. The lowest BCUT2D eigenvalue weighted by Crippen LogP contribution is -2.41. The summed E-state index contributed by atoms with van der Waals surface area (Å²) in [7, 11) is 0. The quantitative estimate of drug-likeness (QED) is 0.939. The highest BCUT2D eigenvalue weighted by molar-refractivity contribution is 5.96. The molecule has 0 unspecified atom stereocenters. The van der Waals surface area contributed by atoms with Crippen LogP contribution in [0.25, 0.3) is 0 Å². The number of nitrogens with one attached hydrogen (secondary N) is 1. The van der Waals surface area contributed by atoms with E-state index in [2.05, 4.69) is 42.0 Å². The topological polar surface area (TPSA) is 73.0 Å². The lowest BCUT2D eigenvalue weighted by molar-refractivity contribution is 0.0925. The predicted octanol–water partition coefficient (Wildman–Crippen LogP) is 2.78. The zero-order valence-corrected chi connectivity index (χ0v) is 15.1. The van der Waals surface area contributed by atoms with Gasteiger partial charge in [-0.25, -0.2) is 4.98 Å². The Morgan fingerprint density at radius 3 is 2.88 bits per heavy atom. The van der Waals surface area contributed by atoms with Crippen molar-refractivity contribution < 1.29 is 9.32 Å². The van der Waals surface area contributed by atoms with Crippen molar-refractivity contribution in [1.29, 1.82) is 0 Å². The second kappa shape index (κ2) is 6.07. The van der Waals surface area contributed by atoms with Crippen molar-refractivity contribution in [3.05, 3.63) is 34.7 Å². The fourth-order valence-electron chi connectivity index (χ4n) is 3.13. The van der Waals surface area contributed by atoms with Crippen molar-refractivity contribution >= 4 is 5.91 Å². The largest absolute Gasteiger partial charge is 0.361 e. The number of amides is 1. The van der Waals surface area contributed by atoms with E-state index in [0.29, 0.717) is 17.7 Å². The second-order valence-corrected chi connectivity index (χ2v) is 7.57. The summed E-state index contributed by atoms with van der Waals surface area (Å²) >= 11 is 0. The van der Waals surface area contributed by atoms with Gasteiger partial charge in [0.15, 0.2) is 0 Å². The van der Waals surface area contributed by atoms with E-state index in [-0.39, 0.29) is 17.4 Å². The molecule has 0 fully saturated rings. The zero-order chi connectivity index (χ0) is 17.5. The Bertz CT molecular complexity index is 752. The SMILES string of the molecule is CCc1noc(C)c1C(=O)N[C@H]1CCc2nc(C(C)(C)C)cn2C1. The van der Waals surface area contributed by atoms with Crippen molar-refractivity contribution in [3.8, 4) is 0 Å². The maximum absolute atomic E-state index is 12.6. The molecule has 1 aliphatic rings. The van der Waals surface area contributed by atoms with Crippen LogP contribution < -0.4 is 5.32 Å². The number of hydrogen-bond acceptors (Lipinski definition) is 4. The number of aromatic nitrogens is 3. The van der Waals surface area contributed by atoms with E-state index >= 15 is 0 Å². The van der Waals surface area contributed by atoms with Crippen molar-refractivity contribution in [2.75, 3.05) is 0 Å². The number of hydrogen-bond donors (Lipinski definition) is 1. The molecule has 1 amide bonds. The fourth-order valence-corrected chi connectivity index (χ4v) is 3.13. The lowest BCUT2D eigenvalue weighted by Gasteiger charge is -2.24. The predicted molar refractivity (Wildman–Crippen MR) is 91.1 cm³/mol. The Morgan fingerprint density at radius 2 is 2.21 bits per heavy atom. The van der Waals surface area contributed by atoms with Crippen molar-refractivity contribution in [2.24, 2.45) is 0 Å². The summed E-state index contributed by atoms with van der Waals surface area (Å²) in [5, 5.41) is 7.10. The van der Waals surface area contributed by atoms with Crippen LogP contribution in [0.2, 0.25) is 0 Å². The number of aryl methyl sites for hydroxylation is 3. The summed E-state index contributed by atoms with van der Waals surface area (Å²) in [6.07, 6.45) is 4.59. The van der Waals surface area contributed by atoms with E-state index in [1.165, 1.54) is 0 Å². The van der Waals surface area contributed by atoms with Crippen LogP contribution in [0.5, 0.6) is 0 Å². The second-order valence-electron chi connectivity index (χ2n) is 7.57. The van der Waals surface area contributed by atoms with E-state index < -0.39 is 0 Å². The van der Waals surface area contributed by atoms with Gasteiger partial charge in [0.1, 0.15) is 17.1 Å². The van der Waals surface area contributed by atoms with Crippen LogP contribution in [0.1, 0.15) is 67.4 Å². The van der Waals surface area contributed by atoms with Crippen LogP contribution in [0.15, 0.2) is 10.7 Å². The Hall–Kier alpha value is -2.11. The number of imidazole rings is 1. The van der Waals surface area contributed by atoms with Crippen LogP contribution in [-0.2, 0) is 24.8 Å². The fraction of sp³-hybridized carbons (Fsp3) is 0.611. The molecule has 130 valence electrons. The van der Waals surface area contributed by atoms with Crippen molar-refractivity contribution in [1.82, 2.24) is 20.0 Å². The van der Waals surface area contributed by atoms with Gasteiger partial charge in [0.25, 0.3) is 5.91 Å². The van der Waals surface area contributed by atoms with Crippen LogP contribution in [0.4, 0.5) is 0 Å². The van der Waals surface area contributed by atoms with Crippen molar-refractivity contribution in [3.63, 3.8) is 0 Å². The third-order valence-corrected chi connectivity index (χ3v) is 4.59. The Kier molecular flexibility index (Phi) is 4.24. The van der Waals surface area contributed by atoms with E-state index in [4.69, 9.17) is 9.51 Å². The maximum Gasteiger partial charge on any atom is 0.257 e. The first-order chi connectivity index (χ1) is 11.3. The third kappa shape index (κ3) is 3.09. The summed E-state index contributed by atoms with van der Waals surface area (Å²) in [6, 6.07) is 0.103. The molecule has 0 spiro atoms. The molecule has 3 heterocycles. The molecule has 0 aromatic carbocycles. The van der Waals surface area contributed by atoms with Gasteiger partial charge in [-0.1, -0.05) is 32.9 Å². The molecule has 6 nitrogen and oxygen atoms in total. The third-order valence-electron chi connectivity index (χ3n) is 4.59. The highest BCUT2D eigenvalue weighted by Gasteiger charge is 2.27. The first-order valence-electron chi connectivity index (χ1n) is 8.62. The number of rotatable bonds is 3. The maximum atomic E-state index is 12.6. The number of fused-ring (bicyclic) bond motifs is 1. The summed E-state index contributed by atoms with van der Waals surface area (Å²) in [6.45, 7) is 11.0. The molecule has 6 heteroatoms. The molecule has 0 saturated heterocycles. The summed E-state index contributed by atoms with van der Waals surface area (Å²) < 4.78 is 7.34. The van der Waals surface area contributed by atoms with Crippen LogP contribution in [0, 0.1) is 6.92 Å². The molecule has 3 rings (SSSR count). The van der Waals surface area contributed by atoms with Gasteiger partial charge in [-0.3, -0.25) is 4.79 Å². The lowest BCUT2D eigenvalue weighted by atomic mass is 9.93. The first kappa shape index (κ1) is 16.7. The van der Waals surface area contributed by atoms with E-state index in [0.717, 1.165) is 36.6 Å². The summed E-state index contributed by atoms with van der Waals surface area (Å²) in [5.74, 6) is 1.61. The van der Waals surface area contributed by atoms with E-state index in [9.17, 15) is 4.79 Å². The molecule has 1 N–H and O–H groups in total. The van der Waals surface area contributed by atoms with Crippen LogP contribution in [-0.4, -0.2) is 26.7 Å². The molecule has 0 bridgehead atoms. The zero-order valence-electron chi connectivity index (χ0n) is 15.1. The minimum Gasteiger partial charge on any atom is -0.361 e. The monoisotopic (exact) mass is 330 g/mol. The van der Waals surface area contributed by atoms with Gasteiger partial charge >= 0.3 is 0 Å². The average molecular weight is 330 g/mol. The van der Waals surface area contributed by atoms with Crippen LogP contribution >= 0.6 is 0 Å². The average Bonchev–Trinajstić information content (AvgIpc) is 3.09. The van der Waals surface area contributed by atoms with Gasteiger partial charge in [0, 0.05) is 30.6 Å². The molecule has 0 aliphatic carbocycles. The minimum absolute atomic E-state index is 0.0404.